The number of carbonyl (C=O) groups excluding carboxylic acids is 1. The lowest BCUT2D eigenvalue weighted by atomic mass is 9.92. The summed E-state index contributed by atoms with van der Waals surface area (Å²) in [7, 11) is 0. The Labute approximate surface area is 125 Å². The summed E-state index contributed by atoms with van der Waals surface area (Å²) in [5, 5.41) is -0.525. The number of nitrogens with zero attached hydrogens (tertiary/aromatic N) is 2. The predicted molar refractivity (Wildman–Crippen MR) is 76.9 cm³/mol. The normalized spacial score (nSPS) is 13.6. The maximum Gasteiger partial charge on any atom is 0.224 e. The molecule has 114 valence electrons. The molecular weight excluding hydrogens is 300 g/mol. The molecule has 0 saturated heterocycles. The van der Waals surface area contributed by atoms with Gasteiger partial charge in [0.1, 0.15) is 17.2 Å². The van der Waals surface area contributed by atoms with Gasteiger partial charge in [0, 0.05) is 12.6 Å². The molecule has 0 aliphatic heterocycles. The van der Waals surface area contributed by atoms with Crippen LogP contribution in [0.4, 0.5) is 8.78 Å². The third kappa shape index (κ3) is 2.85. The fraction of sp³-hybridized carbons (Fsp3) is 0.429. The van der Waals surface area contributed by atoms with E-state index in [4.69, 9.17) is 17.3 Å². The smallest absolute Gasteiger partial charge is 0.224 e. The number of fused-ring (bicyclic) bond motifs is 1. The molecule has 1 atom stereocenters. The topological polar surface area (TPSA) is 60.9 Å². The Kier molecular flexibility index (Phi) is 3.93. The van der Waals surface area contributed by atoms with Crippen molar-refractivity contribution in [3.05, 3.63) is 29.6 Å². The summed E-state index contributed by atoms with van der Waals surface area (Å²) < 4.78 is 28.9. The first-order valence-corrected chi connectivity index (χ1v) is 6.86. The summed E-state index contributed by atoms with van der Waals surface area (Å²) in [4.78, 5) is 15.6. The fourth-order valence-corrected chi connectivity index (χ4v) is 2.28. The van der Waals surface area contributed by atoms with Crippen molar-refractivity contribution >= 4 is 28.5 Å². The molecule has 0 spiro atoms. The van der Waals surface area contributed by atoms with Gasteiger partial charge in [-0.25, -0.2) is 13.8 Å². The molecule has 1 aromatic heterocycles. The summed E-state index contributed by atoms with van der Waals surface area (Å²) in [6.45, 7) is 5.11. The van der Waals surface area contributed by atoms with Gasteiger partial charge >= 0.3 is 0 Å². The van der Waals surface area contributed by atoms with Crippen molar-refractivity contribution in [1.29, 1.82) is 0 Å². The molecule has 1 heterocycles. The van der Waals surface area contributed by atoms with Crippen molar-refractivity contribution in [2.75, 3.05) is 0 Å². The molecule has 7 heteroatoms. The van der Waals surface area contributed by atoms with Gasteiger partial charge in [0.15, 0.2) is 5.82 Å². The molecule has 1 amide bonds. The zero-order valence-corrected chi connectivity index (χ0v) is 12.7. The van der Waals surface area contributed by atoms with Gasteiger partial charge in [-0.1, -0.05) is 0 Å². The second-order valence-corrected chi connectivity index (χ2v) is 6.33. The fourth-order valence-electron chi connectivity index (χ4n) is 2.11. The maximum atomic E-state index is 13.8. The summed E-state index contributed by atoms with van der Waals surface area (Å²) in [5.74, 6) is -1.63. The Bertz CT molecular complexity index is 710. The molecule has 2 rings (SSSR count). The lowest BCUT2D eigenvalue weighted by Gasteiger charge is -2.23. The first-order chi connectivity index (χ1) is 9.63. The van der Waals surface area contributed by atoms with Gasteiger partial charge in [-0.15, -0.1) is 11.6 Å². The van der Waals surface area contributed by atoms with Gasteiger partial charge in [0.2, 0.25) is 5.91 Å². The monoisotopic (exact) mass is 315 g/mol. The molecule has 0 aliphatic carbocycles. The van der Waals surface area contributed by atoms with Crippen LogP contribution in [0.3, 0.4) is 0 Å². The first-order valence-electron chi connectivity index (χ1n) is 6.42. The van der Waals surface area contributed by atoms with Crippen molar-refractivity contribution in [3.8, 4) is 0 Å². The van der Waals surface area contributed by atoms with Crippen LogP contribution >= 0.6 is 11.6 Å². The highest BCUT2D eigenvalue weighted by Gasteiger charge is 2.29. The highest BCUT2D eigenvalue weighted by atomic mass is 35.5. The van der Waals surface area contributed by atoms with E-state index in [9.17, 15) is 13.6 Å². The summed E-state index contributed by atoms with van der Waals surface area (Å²) >= 11 is 6.06. The van der Waals surface area contributed by atoms with Crippen LogP contribution in [-0.2, 0) is 11.3 Å². The lowest BCUT2D eigenvalue weighted by molar-refractivity contribution is -0.126. The molecule has 21 heavy (non-hydrogen) atoms. The number of hydrogen-bond donors (Lipinski definition) is 1. The zero-order chi connectivity index (χ0) is 15.9. The van der Waals surface area contributed by atoms with E-state index in [1.165, 1.54) is 6.07 Å². The molecule has 2 N–H and O–H groups in total. The van der Waals surface area contributed by atoms with Crippen LogP contribution < -0.4 is 5.73 Å². The third-order valence-electron chi connectivity index (χ3n) is 3.38. The summed E-state index contributed by atoms with van der Waals surface area (Å²) in [5.41, 5.74) is 4.74. The highest BCUT2D eigenvalue weighted by Crippen LogP contribution is 2.30. The number of aromatic nitrogens is 2. The van der Waals surface area contributed by atoms with Crippen molar-refractivity contribution in [3.63, 3.8) is 0 Å². The predicted octanol–water partition coefficient (Wildman–Crippen LogP) is 3.13. The second-order valence-electron chi connectivity index (χ2n) is 5.68. The van der Waals surface area contributed by atoms with E-state index in [-0.39, 0.29) is 17.6 Å². The Balaban J connectivity index is 2.70. The van der Waals surface area contributed by atoms with Crippen molar-refractivity contribution < 1.29 is 13.6 Å². The van der Waals surface area contributed by atoms with Crippen LogP contribution in [-0.4, -0.2) is 15.5 Å². The Morgan fingerprint density at radius 2 is 2.10 bits per heavy atom. The number of rotatable bonds is 4. The zero-order valence-electron chi connectivity index (χ0n) is 12.0. The van der Waals surface area contributed by atoms with E-state index in [0.29, 0.717) is 5.82 Å². The van der Waals surface area contributed by atoms with E-state index >= 15 is 0 Å². The number of amides is 1. The largest absolute Gasteiger partial charge is 0.369 e. The number of alkyl halides is 1. The van der Waals surface area contributed by atoms with Gasteiger partial charge < -0.3 is 10.3 Å². The number of imidazole rings is 1. The Hall–Kier alpha value is -1.69. The first kappa shape index (κ1) is 15.7. The minimum absolute atomic E-state index is 0.0270. The molecule has 2 aromatic rings. The Morgan fingerprint density at radius 1 is 1.48 bits per heavy atom. The maximum absolute atomic E-state index is 13.8. The van der Waals surface area contributed by atoms with Crippen LogP contribution in [0, 0.1) is 17.0 Å². The average Bonchev–Trinajstić information content (AvgIpc) is 2.68. The van der Waals surface area contributed by atoms with Crippen LogP contribution in [0.15, 0.2) is 12.1 Å². The van der Waals surface area contributed by atoms with Crippen LogP contribution in [0.5, 0.6) is 0 Å². The quantitative estimate of drug-likeness (QED) is 0.881. The number of hydrogen-bond acceptors (Lipinski definition) is 2. The number of halogens is 3. The van der Waals surface area contributed by atoms with E-state index in [1.807, 2.05) is 0 Å². The molecule has 4 nitrogen and oxygen atoms in total. The van der Waals surface area contributed by atoms with Crippen molar-refractivity contribution in [1.82, 2.24) is 9.55 Å². The minimum Gasteiger partial charge on any atom is -0.369 e. The number of primary amides is 1. The molecule has 0 aliphatic rings. The van der Waals surface area contributed by atoms with Crippen molar-refractivity contribution in [2.24, 2.45) is 11.1 Å². The van der Waals surface area contributed by atoms with Gasteiger partial charge in [-0.2, -0.15) is 0 Å². The standard InChI is InChI=1S/C14H16ClF2N3O/c1-7(15)12-19-11-9(17)4-8(16)5-10(11)20(12)6-14(2,3)13(18)21/h4-5,7H,6H2,1-3H3,(H2,18,21). The molecule has 0 bridgehead atoms. The summed E-state index contributed by atoms with van der Waals surface area (Å²) in [6.07, 6.45) is 0. The van der Waals surface area contributed by atoms with Crippen molar-refractivity contribution in [2.45, 2.75) is 32.7 Å². The summed E-state index contributed by atoms with van der Waals surface area (Å²) in [6, 6.07) is 1.94. The molecular formula is C14H16ClF2N3O. The van der Waals surface area contributed by atoms with Crippen LogP contribution in [0.1, 0.15) is 32.0 Å². The van der Waals surface area contributed by atoms with Gasteiger partial charge in [0.25, 0.3) is 0 Å². The minimum atomic E-state index is -0.906. The number of nitrogens with two attached hydrogens (primary N) is 1. The van der Waals surface area contributed by atoms with E-state index < -0.39 is 28.3 Å². The number of benzene rings is 1. The SMILES string of the molecule is CC(Cl)c1nc2c(F)cc(F)cc2n1CC(C)(C)C(N)=O. The molecule has 0 saturated carbocycles. The average molecular weight is 316 g/mol. The van der Waals surface area contributed by atoms with Crippen LogP contribution in [0.2, 0.25) is 0 Å². The van der Waals surface area contributed by atoms with Gasteiger partial charge in [0.05, 0.1) is 16.3 Å². The van der Waals surface area contributed by atoms with E-state index in [2.05, 4.69) is 4.98 Å². The highest BCUT2D eigenvalue weighted by molar-refractivity contribution is 6.20. The van der Waals surface area contributed by atoms with Gasteiger partial charge in [-0.3, -0.25) is 4.79 Å². The Morgan fingerprint density at radius 3 is 2.62 bits per heavy atom. The molecule has 0 fully saturated rings. The molecule has 1 aromatic carbocycles. The second kappa shape index (κ2) is 5.26. The molecule has 0 radical (unpaired) electrons. The molecule has 1 unspecified atom stereocenters. The van der Waals surface area contributed by atoms with Crippen LogP contribution in [0.25, 0.3) is 11.0 Å². The lowest BCUT2D eigenvalue weighted by Crippen LogP contribution is -2.35. The van der Waals surface area contributed by atoms with E-state index in [0.717, 1.165) is 6.07 Å². The van der Waals surface area contributed by atoms with Gasteiger partial charge in [-0.05, 0) is 26.8 Å². The number of carbonyl (C=O) groups is 1. The van der Waals surface area contributed by atoms with E-state index in [1.54, 1.807) is 25.3 Å². The third-order valence-corrected chi connectivity index (χ3v) is 3.57.